The molecular weight excluding hydrogens is 188 g/mol. The van der Waals surface area contributed by atoms with Gasteiger partial charge < -0.3 is 10.6 Å². The fourth-order valence-corrected chi connectivity index (χ4v) is 1.23. The molecule has 1 aromatic carbocycles. The van der Waals surface area contributed by atoms with Gasteiger partial charge in [0.05, 0.1) is 6.20 Å². The lowest BCUT2D eigenvalue weighted by Crippen LogP contribution is -1.94. The second-order valence-electron chi connectivity index (χ2n) is 3.04. The number of hydrogen-bond donors (Lipinski definition) is 2. The molecule has 1 aromatic heterocycles. The van der Waals surface area contributed by atoms with Crippen molar-refractivity contribution in [2.45, 2.75) is 0 Å². The van der Waals surface area contributed by atoms with E-state index >= 15 is 0 Å². The zero-order valence-electron chi connectivity index (χ0n) is 8.44. The number of hydrogen-bond acceptors (Lipinski definition) is 4. The Morgan fingerprint density at radius 1 is 1.00 bits per heavy atom. The quantitative estimate of drug-likeness (QED) is 0.798. The van der Waals surface area contributed by atoms with Crippen LogP contribution in [0.2, 0.25) is 0 Å². The molecule has 0 saturated heterocycles. The molecule has 0 saturated carbocycles. The maximum atomic E-state index is 4.13. The van der Waals surface area contributed by atoms with Crippen LogP contribution in [0.5, 0.6) is 0 Å². The highest BCUT2D eigenvalue weighted by Crippen LogP contribution is 2.16. The summed E-state index contributed by atoms with van der Waals surface area (Å²) >= 11 is 0. The molecule has 0 bridgehead atoms. The minimum atomic E-state index is 0.745. The SMILES string of the molecule is CNc1ccc(Nc2cnccn2)cc1. The number of anilines is 3. The van der Waals surface area contributed by atoms with Gasteiger partial charge in [0.25, 0.3) is 0 Å². The van der Waals surface area contributed by atoms with Gasteiger partial charge in [-0.25, -0.2) is 4.98 Å². The van der Waals surface area contributed by atoms with Crippen LogP contribution in [0.4, 0.5) is 17.2 Å². The number of nitrogens with one attached hydrogen (secondary N) is 2. The van der Waals surface area contributed by atoms with Gasteiger partial charge in [0, 0.05) is 30.8 Å². The van der Waals surface area contributed by atoms with Crippen molar-refractivity contribution in [2.24, 2.45) is 0 Å². The summed E-state index contributed by atoms with van der Waals surface area (Å²) in [6.45, 7) is 0. The van der Waals surface area contributed by atoms with Crippen LogP contribution in [0.15, 0.2) is 42.9 Å². The van der Waals surface area contributed by atoms with E-state index in [9.17, 15) is 0 Å². The van der Waals surface area contributed by atoms with Crippen molar-refractivity contribution in [1.82, 2.24) is 9.97 Å². The summed E-state index contributed by atoms with van der Waals surface area (Å²) in [4.78, 5) is 8.10. The molecule has 0 amide bonds. The first-order valence-corrected chi connectivity index (χ1v) is 4.69. The van der Waals surface area contributed by atoms with Gasteiger partial charge in [-0.05, 0) is 24.3 Å². The Hall–Kier alpha value is -2.10. The summed E-state index contributed by atoms with van der Waals surface area (Å²) in [5.41, 5.74) is 2.08. The van der Waals surface area contributed by atoms with Crippen LogP contribution < -0.4 is 10.6 Å². The van der Waals surface area contributed by atoms with E-state index in [1.54, 1.807) is 18.6 Å². The van der Waals surface area contributed by atoms with E-state index in [1.807, 2.05) is 31.3 Å². The van der Waals surface area contributed by atoms with Gasteiger partial charge in [0.2, 0.25) is 0 Å². The molecule has 4 nitrogen and oxygen atoms in total. The lowest BCUT2D eigenvalue weighted by molar-refractivity contribution is 1.20. The van der Waals surface area contributed by atoms with Gasteiger partial charge in [0.15, 0.2) is 0 Å². The molecular formula is C11H12N4. The topological polar surface area (TPSA) is 49.8 Å². The van der Waals surface area contributed by atoms with E-state index in [4.69, 9.17) is 0 Å². The summed E-state index contributed by atoms with van der Waals surface area (Å²) in [5.74, 6) is 0.745. The highest BCUT2D eigenvalue weighted by Gasteiger charge is 1.94. The maximum absolute atomic E-state index is 4.13. The molecule has 76 valence electrons. The molecule has 0 radical (unpaired) electrons. The van der Waals surface area contributed by atoms with Gasteiger partial charge in [0.1, 0.15) is 5.82 Å². The van der Waals surface area contributed by atoms with E-state index in [0.29, 0.717) is 0 Å². The third-order valence-electron chi connectivity index (χ3n) is 2.01. The van der Waals surface area contributed by atoms with Crippen molar-refractivity contribution in [1.29, 1.82) is 0 Å². The van der Waals surface area contributed by atoms with Crippen molar-refractivity contribution in [3.63, 3.8) is 0 Å². The van der Waals surface area contributed by atoms with E-state index in [0.717, 1.165) is 17.2 Å². The van der Waals surface area contributed by atoms with E-state index in [-0.39, 0.29) is 0 Å². The summed E-state index contributed by atoms with van der Waals surface area (Å²) < 4.78 is 0. The van der Waals surface area contributed by atoms with Crippen molar-refractivity contribution in [3.05, 3.63) is 42.9 Å². The van der Waals surface area contributed by atoms with Crippen molar-refractivity contribution >= 4 is 17.2 Å². The van der Waals surface area contributed by atoms with Gasteiger partial charge in [-0.3, -0.25) is 4.98 Å². The van der Waals surface area contributed by atoms with Crippen LogP contribution in [0.1, 0.15) is 0 Å². The van der Waals surface area contributed by atoms with Crippen molar-refractivity contribution < 1.29 is 0 Å². The van der Waals surface area contributed by atoms with E-state index < -0.39 is 0 Å². The largest absolute Gasteiger partial charge is 0.388 e. The van der Waals surface area contributed by atoms with Gasteiger partial charge in [-0.1, -0.05) is 0 Å². The first-order chi connectivity index (χ1) is 7.38. The molecule has 2 rings (SSSR count). The lowest BCUT2D eigenvalue weighted by Gasteiger charge is -2.05. The van der Waals surface area contributed by atoms with Crippen molar-refractivity contribution in [3.8, 4) is 0 Å². The maximum Gasteiger partial charge on any atom is 0.148 e. The fourth-order valence-electron chi connectivity index (χ4n) is 1.23. The molecule has 15 heavy (non-hydrogen) atoms. The normalized spacial score (nSPS) is 9.67. The second kappa shape index (κ2) is 4.41. The molecule has 0 atom stereocenters. The molecule has 4 heteroatoms. The van der Waals surface area contributed by atoms with Gasteiger partial charge in [-0.15, -0.1) is 0 Å². The first kappa shape index (κ1) is 9.45. The number of rotatable bonds is 3. The predicted molar refractivity (Wildman–Crippen MR) is 61.3 cm³/mol. The van der Waals surface area contributed by atoms with Crippen LogP contribution in [0.3, 0.4) is 0 Å². The van der Waals surface area contributed by atoms with Crippen LogP contribution in [0.25, 0.3) is 0 Å². The highest BCUT2D eigenvalue weighted by molar-refractivity contribution is 5.59. The Labute approximate surface area is 88.4 Å². The van der Waals surface area contributed by atoms with E-state index in [1.165, 1.54) is 0 Å². The van der Waals surface area contributed by atoms with Crippen LogP contribution in [-0.4, -0.2) is 17.0 Å². The number of nitrogens with zero attached hydrogens (tertiary/aromatic N) is 2. The highest BCUT2D eigenvalue weighted by atomic mass is 15.0. The fraction of sp³-hybridized carbons (Fsp3) is 0.0909. The monoisotopic (exact) mass is 200 g/mol. The van der Waals surface area contributed by atoms with Crippen molar-refractivity contribution in [2.75, 3.05) is 17.7 Å². The molecule has 0 aliphatic rings. The average molecular weight is 200 g/mol. The number of aromatic nitrogens is 2. The summed E-state index contributed by atoms with van der Waals surface area (Å²) in [6, 6.07) is 7.97. The Balaban J connectivity index is 2.11. The second-order valence-corrected chi connectivity index (χ2v) is 3.04. The molecule has 0 fully saturated rings. The lowest BCUT2D eigenvalue weighted by atomic mass is 10.3. The minimum absolute atomic E-state index is 0.745. The molecule has 2 aromatic rings. The summed E-state index contributed by atoms with van der Waals surface area (Å²) in [6.07, 6.45) is 4.99. The standard InChI is InChI=1S/C11H12N4/c1-12-9-2-4-10(5-3-9)15-11-8-13-6-7-14-11/h2-8,12H,1H3,(H,14,15). The Kier molecular flexibility index (Phi) is 2.78. The summed E-state index contributed by atoms with van der Waals surface area (Å²) in [5, 5.41) is 6.22. The molecule has 1 heterocycles. The zero-order valence-corrected chi connectivity index (χ0v) is 8.44. The van der Waals surface area contributed by atoms with Crippen LogP contribution in [0, 0.1) is 0 Å². The first-order valence-electron chi connectivity index (χ1n) is 4.69. The average Bonchev–Trinajstić information content (AvgIpc) is 2.31. The van der Waals surface area contributed by atoms with Crippen LogP contribution in [-0.2, 0) is 0 Å². The Bertz CT molecular complexity index is 410. The minimum Gasteiger partial charge on any atom is -0.388 e. The van der Waals surface area contributed by atoms with Crippen LogP contribution >= 0.6 is 0 Å². The van der Waals surface area contributed by atoms with Gasteiger partial charge >= 0.3 is 0 Å². The van der Waals surface area contributed by atoms with Gasteiger partial charge in [-0.2, -0.15) is 0 Å². The molecule has 2 N–H and O–H groups in total. The third-order valence-corrected chi connectivity index (χ3v) is 2.01. The predicted octanol–water partition coefficient (Wildman–Crippen LogP) is 2.26. The molecule has 0 spiro atoms. The molecule has 0 aliphatic heterocycles. The van der Waals surface area contributed by atoms with E-state index in [2.05, 4.69) is 20.6 Å². The smallest absolute Gasteiger partial charge is 0.148 e. The Morgan fingerprint density at radius 2 is 1.73 bits per heavy atom. The summed E-state index contributed by atoms with van der Waals surface area (Å²) in [7, 11) is 1.89. The third kappa shape index (κ3) is 2.43. The molecule has 0 unspecified atom stereocenters. The Morgan fingerprint density at radius 3 is 2.33 bits per heavy atom. The number of benzene rings is 1. The molecule has 0 aliphatic carbocycles. The zero-order chi connectivity index (χ0) is 10.5.